The summed E-state index contributed by atoms with van der Waals surface area (Å²) < 4.78 is 6.85. The maximum absolute atomic E-state index is 12.1. The summed E-state index contributed by atoms with van der Waals surface area (Å²) in [6.07, 6.45) is 1.75. The Labute approximate surface area is 128 Å². The number of carbonyl (C=O) groups is 1. The average molecular weight is 301 g/mol. The van der Waals surface area contributed by atoms with Crippen molar-refractivity contribution in [2.45, 2.75) is 19.4 Å². The highest BCUT2D eigenvalue weighted by atomic mass is 16.5. The molecule has 0 spiro atoms. The smallest absolute Gasteiger partial charge is 0.291 e. The topological polar surface area (TPSA) is 81.1 Å². The molecule has 0 saturated heterocycles. The maximum atomic E-state index is 12.1. The Kier molecular flexibility index (Phi) is 4.22. The molecule has 1 amide bonds. The number of carbonyl (C=O) groups excluding carboxylic acids is 1. The van der Waals surface area contributed by atoms with E-state index in [4.69, 9.17) is 4.74 Å². The number of fused-ring (bicyclic) bond motifs is 1. The monoisotopic (exact) mass is 301 g/mol. The summed E-state index contributed by atoms with van der Waals surface area (Å²) in [5, 5.41) is 10.2. The largest absolute Gasteiger partial charge is 0.497 e. The molecule has 0 unspecified atom stereocenters. The predicted octanol–water partition coefficient (Wildman–Crippen LogP) is 1.07. The number of methoxy groups -OCH3 is 1. The number of benzene rings is 1. The molecular formula is C15H19N5O2. The van der Waals surface area contributed by atoms with Crippen molar-refractivity contribution in [3.63, 3.8) is 0 Å². The molecule has 2 aromatic rings. The standard InChI is InChI=1S/C15H19N5O2/c1-22-12-5-3-11(4-6-12)7-9-16-14(21)13-18-15-17-8-2-10-20(15)19-13/h3-6H,2,7-10H2,1H3,(H,16,21)(H,17,18,19). The van der Waals surface area contributed by atoms with E-state index in [0.29, 0.717) is 12.5 Å². The first-order valence-electron chi connectivity index (χ1n) is 7.36. The molecule has 7 heteroatoms. The minimum atomic E-state index is -0.239. The predicted molar refractivity (Wildman–Crippen MR) is 82.2 cm³/mol. The molecule has 1 aliphatic rings. The third-order valence-electron chi connectivity index (χ3n) is 3.56. The van der Waals surface area contributed by atoms with Crippen LogP contribution in [0, 0.1) is 0 Å². The number of anilines is 1. The fourth-order valence-electron chi connectivity index (χ4n) is 2.35. The first kappa shape index (κ1) is 14.4. The zero-order valence-corrected chi connectivity index (χ0v) is 12.5. The van der Waals surface area contributed by atoms with Gasteiger partial charge in [-0.05, 0) is 30.5 Å². The van der Waals surface area contributed by atoms with Gasteiger partial charge in [0.15, 0.2) is 0 Å². The fourth-order valence-corrected chi connectivity index (χ4v) is 2.35. The molecule has 0 aliphatic carbocycles. The molecule has 0 fully saturated rings. The van der Waals surface area contributed by atoms with Crippen molar-refractivity contribution in [3.8, 4) is 5.75 Å². The third-order valence-corrected chi connectivity index (χ3v) is 3.56. The van der Waals surface area contributed by atoms with Crippen LogP contribution in [0.1, 0.15) is 22.6 Å². The lowest BCUT2D eigenvalue weighted by Crippen LogP contribution is -2.27. The van der Waals surface area contributed by atoms with E-state index in [-0.39, 0.29) is 11.7 Å². The molecular weight excluding hydrogens is 282 g/mol. The molecule has 116 valence electrons. The molecule has 1 aromatic carbocycles. The first-order valence-corrected chi connectivity index (χ1v) is 7.36. The molecule has 1 aromatic heterocycles. The highest BCUT2D eigenvalue weighted by Crippen LogP contribution is 2.12. The van der Waals surface area contributed by atoms with E-state index in [0.717, 1.165) is 37.2 Å². The number of ether oxygens (including phenoxy) is 1. The summed E-state index contributed by atoms with van der Waals surface area (Å²) in [5.74, 6) is 1.48. The molecule has 0 radical (unpaired) electrons. The van der Waals surface area contributed by atoms with E-state index >= 15 is 0 Å². The van der Waals surface area contributed by atoms with Crippen molar-refractivity contribution >= 4 is 11.9 Å². The normalized spacial score (nSPS) is 13.1. The van der Waals surface area contributed by atoms with Crippen LogP contribution in [-0.4, -0.2) is 40.9 Å². The van der Waals surface area contributed by atoms with Crippen LogP contribution in [0.15, 0.2) is 24.3 Å². The summed E-state index contributed by atoms with van der Waals surface area (Å²) >= 11 is 0. The molecule has 22 heavy (non-hydrogen) atoms. The van der Waals surface area contributed by atoms with E-state index in [1.165, 1.54) is 0 Å². The lowest BCUT2D eigenvalue weighted by atomic mass is 10.1. The van der Waals surface area contributed by atoms with E-state index in [9.17, 15) is 4.79 Å². The number of hydrogen-bond donors (Lipinski definition) is 2. The second-order valence-corrected chi connectivity index (χ2v) is 5.12. The number of aromatic nitrogens is 3. The van der Waals surface area contributed by atoms with Gasteiger partial charge in [-0.1, -0.05) is 12.1 Å². The molecule has 7 nitrogen and oxygen atoms in total. The minimum absolute atomic E-state index is 0.221. The van der Waals surface area contributed by atoms with Gasteiger partial charge in [-0.25, -0.2) is 4.68 Å². The summed E-state index contributed by atoms with van der Waals surface area (Å²) in [7, 11) is 1.64. The first-order chi connectivity index (χ1) is 10.8. The van der Waals surface area contributed by atoms with E-state index in [1.54, 1.807) is 11.8 Å². The third kappa shape index (κ3) is 3.19. The Morgan fingerprint density at radius 2 is 2.23 bits per heavy atom. The zero-order valence-electron chi connectivity index (χ0n) is 12.5. The summed E-state index contributed by atoms with van der Waals surface area (Å²) in [4.78, 5) is 16.3. The fraction of sp³-hybridized carbons (Fsp3) is 0.400. The molecule has 3 rings (SSSR count). The van der Waals surface area contributed by atoms with Gasteiger partial charge in [0.05, 0.1) is 7.11 Å². The number of rotatable bonds is 5. The molecule has 1 aliphatic heterocycles. The number of amides is 1. The Hall–Kier alpha value is -2.57. The lowest BCUT2D eigenvalue weighted by molar-refractivity contribution is 0.0943. The van der Waals surface area contributed by atoms with Crippen LogP contribution in [0.3, 0.4) is 0 Å². The molecule has 2 N–H and O–H groups in total. The Balaban J connectivity index is 1.52. The van der Waals surface area contributed by atoms with E-state index < -0.39 is 0 Å². The van der Waals surface area contributed by atoms with Crippen LogP contribution in [-0.2, 0) is 13.0 Å². The van der Waals surface area contributed by atoms with Crippen LogP contribution in [0.5, 0.6) is 5.75 Å². The summed E-state index contributed by atoms with van der Waals surface area (Å²) in [5.41, 5.74) is 1.14. The van der Waals surface area contributed by atoms with Crippen molar-refractivity contribution < 1.29 is 9.53 Å². The van der Waals surface area contributed by atoms with Gasteiger partial charge in [-0.15, -0.1) is 5.10 Å². The van der Waals surface area contributed by atoms with Gasteiger partial charge in [0, 0.05) is 19.6 Å². The second-order valence-electron chi connectivity index (χ2n) is 5.12. The van der Waals surface area contributed by atoms with Gasteiger partial charge in [-0.3, -0.25) is 4.79 Å². The van der Waals surface area contributed by atoms with E-state index in [1.807, 2.05) is 24.3 Å². The Bertz CT molecular complexity index is 627. The Morgan fingerprint density at radius 3 is 2.95 bits per heavy atom. The van der Waals surface area contributed by atoms with Crippen molar-refractivity contribution in [2.24, 2.45) is 0 Å². The summed E-state index contributed by atoms with van der Waals surface area (Å²) in [6, 6.07) is 7.80. The number of aryl methyl sites for hydroxylation is 1. The van der Waals surface area contributed by atoms with Crippen molar-refractivity contribution in [1.82, 2.24) is 20.1 Å². The van der Waals surface area contributed by atoms with Gasteiger partial charge < -0.3 is 15.4 Å². The molecule has 0 atom stereocenters. The van der Waals surface area contributed by atoms with E-state index in [2.05, 4.69) is 20.7 Å². The van der Waals surface area contributed by atoms with Crippen LogP contribution >= 0.6 is 0 Å². The minimum Gasteiger partial charge on any atom is -0.497 e. The number of nitrogens with zero attached hydrogens (tertiary/aromatic N) is 3. The highest BCUT2D eigenvalue weighted by molar-refractivity contribution is 5.90. The number of nitrogens with one attached hydrogen (secondary N) is 2. The number of hydrogen-bond acceptors (Lipinski definition) is 5. The van der Waals surface area contributed by atoms with Crippen LogP contribution in [0.2, 0.25) is 0 Å². The van der Waals surface area contributed by atoms with Crippen molar-refractivity contribution in [3.05, 3.63) is 35.7 Å². The van der Waals surface area contributed by atoms with Crippen LogP contribution in [0.25, 0.3) is 0 Å². The van der Waals surface area contributed by atoms with Crippen LogP contribution < -0.4 is 15.4 Å². The van der Waals surface area contributed by atoms with Gasteiger partial charge >= 0.3 is 0 Å². The SMILES string of the molecule is COc1ccc(CCNC(=O)c2nc3n(n2)CCCN3)cc1. The highest BCUT2D eigenvalue weighted by Gasteiger charge is 2.17. The second kappa shape index (κ2) is 6.46. The Morgan fingerprint density at radius 1 is 1.41 bits per heavy atom. The maximum Gasteiger partial charge on any atom is 0.291 e. The average Bonchev–Trinajstić information content (AvgIpc) is 2.99. The molecule has 0 saturated carbocycles. The van der Waals surface area contributed by atoms with Crippen molar-refractivity contribution in [1.29, 1.82) is 0 Å². The van der Waals surface area contributed by atoms with Crippen molar-refractivity contribution in [2.75, 3.05) is 25.5 Å². The van der Waals surface area contributed by atoms with Gasteiger partial charge in [0.2, 0.25) is 11.8 Å². The molecule has 0 bridgehead atoms. The summed E-state index contributed by atoms with van der Waals surface area (Å²) in [6.45, 7) is 2.22. The quantitative estimate of drug-likeness (QED) is 0.863. The van der Waals surface area contributed by atoms with Gasteiger partial charge in [-0.2, -0.15) is 4.98 Å². The zero-order chi connectivity index (χ0) is 15.4. The lowest BCUT2D eigenvalue weighted by Gasteiger charge is -2.12. The van der Waals surface area contributed by atoms with Gasteiger partial charge in [0.25, 0.3) is 5.91 Å². The van der Waals surface area contributed by atoms with Gasteiger partial charge in [0.1, 0.15) is 5.75 Å². The molecule has 2 heterocycles. The van der Waals surface area contributed by atoms with Crippen LogP contribution in [0.4, 0.5) is 5.95 Å².